The van der Waals surface area contributed by atoms with Crippen molar-refractivity contribution in [2.24, 2.45) is 5.92 Å². The molecule has 0 spiro atoms. The molecule has 0 bridgehead atoms. The van der Waals surface area contributed by atoms with E-state index in [9.17, 15) is 18.0 Å². The molecule has 2 fully saturated rings. The van der Waals surface area contributed by atoms with Gasteiger partial charge in [-0.1, -0.05) is 0 Å². The Kier molecular flexibility index (Phi) is 5.26. The molecule has 4 nitrogen and oxygen atoms in total. The molecule has 2 unspecified atom stereocenters. The summed E-state index contributed by atoms with van der Waals surface area (Å²) in [5.41, 5.74) is 0. The predicted octanol–water partition coefficient (Wildman–Crippen LogP) is 1.56. The van der Waals surface area contributed by atoms with E-state index in [0.717, 1.165) is 38.8 Å². The number of amides is 1. The van der Waals surface area contributed by atoms with Crippen molar-refractivity contribution in [2.75, 3.05) is 32.8 Å². The zero-order valence-corrected chi connectivity index (χ0v) is 11.4. The largest absolute Gasteiger partial charge is 0.411 e. The van der Waals surface area contributed by atoms with E-state index in [2.05, 4.69) is 10.1 Å². The fraction of sp³-hybridized carbons (Fsp3) is 0.923. The van der Waals surface area contributed by atoms with Crippen molar-refractivity contribution in [1.82, 2.24) is 10.2 Å². The van der Waals surface area contributed by atoms with Crippen molar-refractivity contribution in [3.8, 4) is 0 Å². The molecule has 0 aromatic carbocycles. The Morgan fingerprint density at radius 2 is 2.10 bits per heavy atom. The van der Waals surface area contributed by atoms with Gasteiger partial charge in [0.2, 0.25) is 5.91 Å². The number of likely N-dealkylation sites (tertiary alicyclic amines) is 1. The van der Waals surface area contributed by atoms with Gasteiger partial charge in [0.05, 0.1) is 0 Å². The molecule has 1 N–H and O–H groups in total. The van der Waals surface area contributed by atoms with Gasteiger partial charge in [0.25, 0.3) is 0 Å². The zero-order valence-electron chi connectivity index (χ0n) is 11.4. The number of halogens is 3. The van der Waals surface area contributed by atoms with Crippen LogP contribution in [-0.2, 0) is 9.53 Å². The first kappa shape index (κ1) is 15.6. The Balaban J connectivity index is 1.81. The predicted molar refractivity (Wildman–Crippen MR) is 67.2 cm³/mol. The maximum atomic E-state index is 12.0. The molecule has 116 valence electrons. The van der Waals surface area contributed by atoms with Gasteiger partial charge >= 0.3 is 6.18 Å². The molecule has 2 rings (SSSR count). The van der Waals surface area contributed by atoms with Crippen LogP contribution in [0.4, 0.5) is 13.2 Å². The molecule has 2 atom stereocenters. The molecular weight excluding hydrogens is 273 g/mol. The Labute approximate surface area is 116 Å². The van der Waals surface area contributed by atoms with Crippen molar-refractivity contribution in [2.45, 2.75) is 37.9 Å². The molecule has 0 aliphatic carbocycles. The van der Waals surface area contributed by atoms with E-state index in [1.54, 1.807) is 4.90 Å². The molecule has 20 heavy (non-hydrogen) atoms. The van der Waals surface area contributed by atoms with Gasteiger partial charge in [0.1, 0.15) is 13.2 Å². The zero-order chi connectivity index (χ0) is 14.6. The third-order valence-electron chi connectivity index (χ3n) is 3.99. The average Bonchev–Trinajstić information content (AvgIpc) is 2.87. The highest BCUT2D eigenvalue weighted by molar-refractivity contribution is 5.78. The summed E-state index contributed by atoms with van der Waals surface area (Å²) in [5.74, 6) is 0.0974. The van der Waals surface area contributed by atoms with Crippen LogP contribution in [0.2, 0.25) is 0 Å². The fourth-order valence-corrected chi connectivity index (χ4v) is 3.14. The number of carbonyl (C=O) groups is 1. The number of nitrogens with zero attached hydrogens (tertiary/aromatic N) is 1. The molecule has 0 saturated carbocycles. The fourth-order valence-electron chi connectivity index (χ4n) is 3.14. The summed E-state index contributed by atoms with van der Waals surface area (Å²) in [5, 5.41) is 3.32. The van der Waals surface area contributed by atoms with Crippen LogP contribution in [0.3, 0.4) is 0 Å². The number of ether oxygens (including phenoxy) is 1. The number of piperidine rings is 1. The van der Waals surface area contributed by atoms with E-state index < -0.39 is 19.4 Å². The third-order valence-corrected chi connectivity index (χ3v) is 3.99. The van der Waals surface area contributed by atoms with Crippen molar-refractivity contribution < 1.29 is 22.7 Å². The van der Waals surface area contributed by atoms with E-state index in [4.69, 9.17) is 0 Å². The standard InChI is InChI=1S/C13H21F3N2O2/c14-13(15,16)9-20-8-12(19)18-6-2-4-11(18)10-3-1-5-17-7-10/h10-11,17H,1-9H2. The van der Waals surface area contributed by atoms with E-state index in [0.29, 0.717) is 12.5 Å². The van der Waals surface area contributed by atoms with Crippen molar-refractivity contribution in [3.63, 3.8) is 0 Å². The quantitative estimate of drug-likeness (QED) is 0.855. The number of carbonyl (C=O) groups excluding carboxylic acids is 1. The summed E-state index contributed by atoms with van der Waals surface area (Å²) >= 11 is 0. The van der Waals surface area contributed by atoms with Gasteiger partial charge in [-0.25, -0.2) is 0 Å². The van der Waals surface area contributed by atoms with Crippen molar-refractivity contribution >= 4 is 5.91 Å². The summed E-state index contributed by atoms with van der Waals surface area (Å²) in [7, 11) is 0. The highest BCUT2D eigenvalue weighted by atomic mass is 19.4. The van der Waals surface area contributed by atoms with Gasteiger partial charge in [0.15, 0.2) is 0 Å². The number of rotatable bonds is 4. The normalized spacial score (nSPS) is 27.9. The molecule has 0 radical (unpaired) electrons. The van der Waals surface area contributed by atoms with E-state index in [1.807, 2.05) is 0 Å². The molecule has 2 aliphatic rings. The van der Waals surface area contributed by atoms with Crippen LogP contribution in [0, 0.1) is 5.92 Å². The van der Waals surface area contributed by atoms with Crippen LogP contribution in [0.5, 0.6) is 0 Å². The second-order valence-electron chi connectivity index (χ2n) is 5.51. The van der Waals surface area contributed by atoms with Gasteiger partial charge in [-0.2, -0.15) is 13.2 Å². The van der Waals surface area contributed by atoms with Crippen LogP contribution in [0.25, 0.3) is 0 Å². The summed E-state index contributed by atoms with van der Waals surface area (Å²) in [6.07, 6.45) is -0.347. The van der Waals surface area contributed by atoms with Crippen LogP contribution in [-0.4, -0.2) is 55.9 Å². The second kappa shape index (κ2) is 6.76. The lowest BCUT2D eigenvalue weighted by Crippen LogP contribution is -2.46. The summed E-state index contributed by atoms with van der Waals surface area (Å²) in [6, 6.07) is 0.157. The number of alkyl halides is 3. The van der Waals surface area contributed by atoms with Crippen LogP contribution in [0.15, 0.2) is 0 Å². The lowest BCUT2D eigenvalue weighted by molar-refractivity contribution is -0.178. The third kappa shape index (κ3) is 4.34. The smallest absolute Gasteiger partial charge is 0.362 e. The first-order chi connectivity index (χ1) is 9.47. The van der Waals surface area contributed by atoms with Gasteiger partial charge in [0, 0.05) is 12.6 Å². The summed E-state index contributed by atoms with van der Waals surface area (Å²) < 4.78 is 40.5. The molecule has 2 aliphatic heterocycles. The topological polar surface area (TPSA) is 41.6 Å². The molecule has 2 saturated heterocycles. The van der Waals surface area contributed by atoms with E-state index >= 15 is 0 Å². The van der Waals surface area contributed by atoms with Gasteiger partial charge < -0.3 is 15.0 Å². The minimum absolute atomic E-state index is 0.157. The van der Waals surface area contributed by atoms with Crippen LogP contribution >= 0.6 is 0 Å². The molecular formula is C13H21F3N2O2. The maximum absolute atomic E-state index is 12.0. The molecule has 1 amide bonds. The van der Waals surface area contributed by atoms with Gasteiger partial charge in [-0.3, -0.25) is 4.79 Å². The first-order valence-corrected chi connectivity index (χ1v) is 7.12. The van der Waals surface area contributed by atoms with Gasteiger partial charge in [-0.05, 0) is 44.7 Å². The average molecular weight is 294 g/mol. The lowest BCUT2D eigenvalue weighted by atomic mass is 9.90. The van der Waals surface area contributed by atoms with Crippen molar-refractivity contribution in [1.29, 1.82) is 0 Å². The van der Waals surface area contributed by atoms with Gasteiger partial charge in [-0.15, -0.1) is 0 Å². The molecule has 0 aromatic heterocycles. The van der Waals surface area contributed by atoms with E-state index in [-0.39, 0.29) is 11.9 Å². The highest BCUT2D eigenvalue weighted by Crippen LogP contribution is 2.28. The second-order valence-corrected chi connectivity index (χ2v) is 5.51. The number of hydrogen-bond acceptors (Lipinski definition) is 3. The minimum atomic E-state index is -4.38. The summed E-state index contributed by atoms with van der Waals surface area (Å²) in [4.78, 5) is 13.7. The molecule has 0 aromatic rings. The Morgan fingerprint density at radius 3 is 2.75 bits per heavy atom. The molecule has 7 heteroatoms. The first-order valence-electron chi connectivity index (χ1n) is 7.12. The Morgan fingerprint density at radius 1 is 1.30 bits per heavy atom. The number of nitrogens with one attached hydrogen (secondary N) is 1. The van der Waals surface area contributed by atoms with Crippen LogP contribution < -0.4 is 5.32 Å². The summed E-state index contributed by atoms with van der Waals surface area (Å²) in [6.45, 7) is 0.692. The highest BCUT2D eigenvalue weighted by Gasteiger charge is 2.35. The van der Waals surface area contributed by atoms with E-state index in [1.165, 1.54) is 0 Å². The number of hydrogen-bond donors (Lipinski definition) is 1. The Hall–Kier alpha value is -0.820. The Bertz CT molecular complexity index is 330. The minimum Gasteiger partial charge on any atom is -0.362 e. The molecule has 2 heterocycles. The lowest BCUT2D eigenvalue weighted by Gasteiger charge is -2.34. The monoisotopic (exact) mass is 294 g/mol. The van der Waals surface area contributed by atoms with Crippen LogP contribution in [0.1, 0.15) is 25.7 Å². The SMILES string of the molecule is O=C(COCC(F)(F)F)N1CCCC1C1CCCNC1. The maximum Gasteiger partial charge on any atom is 0.411 e. The van der Waals surface area contributed by atoms with Crippen molar-refractivity contribution in [3.05, 3.63) is 0 Å².